The van der Waals surface area contributed by atoms with Crippen LogP contribution in [0.4, 0.5) is 13.2 Å². The van der Waals surface area contributed by atoms with Crippen molar-refractivity contribution in [3.8, 4) is 0 Å². The summed E-state index contributed by atoms with van der Waals surface area (Å²) in [5.41, 5.74) is -1.26. The molecule has 1 saturated carbocycles. The highest BCUT2D eigenvalue weighted by atomic mass is 19.4. The summed E-state index contributed by atoms with van der Waals surface area (Å²) in [6.07, 6.45) is -1.33. The third-order valence-corrected chi connectivity index (χ3v) is 3.97. The van der Waals surface area contributed by atoms with Crippen molar-refractivity contribution in [3.63, 3.8) is 0 Å². The van der Waals surface area contributed by atoms with Crippen molar-refractivity contribution in [2.24, 2.45) is 0 Å². The van der Waals surface area contributed by atoms with E-state index in [0.717, 1.165) is 31.4 Å². The first kappa shape index (κ1) is 15.3. The van der Waals surface area contributed by atoms with E-state index in [9.17, 15) is 18.3 Å². The summed E-state index contributed by atoms with van der Waals surface area (Å²) in [6.45, 7) is 0. The lowest BCUT2D eigenvalue weighted by Crippen LogP contribution is -2.47. The van der Waals surface area contributed by atoms with Crippen LogP contribution in [0.1, 0.15) is 36.8 Å². The fourth-order valence-electron chi connectivity index (χ4n) is 2.94. The number of alkyl halides is 3. The maximum atomic E-state index is 12.7. The van der Waals surface area contributed by atoms with Gasteiger partial charge in [-0.05, 0) is 24.5 Å². The van der Waals surface area contributed by atoms with Crippen LogP contribution in [0.15, 0.2) is 24.3 Å². The van der Waals surface area contributed by atoms with Gasteiger partial charge in [-0.25, -0.2) is 0 Å². The van der Waals surface area contributed by atoms with Gasteiger partial charge in [0.25, 0.3) is 0 Å². The highest BCUT2D eigenvalue weighted by Crippen LogP contribution is 2.35. The Morgan fingerprint density at radius 1 is 1.35 bits per heavy atom. The first-order chi connectivity index (χ1) is 9.35. The molecule has 2 unspecified atom stereocenters. The van der Waals surface area contributed by atoms with Gasteiger partial charge in [0.15, 0.2) is 0 Å². The van der Waals surface area contributed by atoms with Crippen molar-refractivity contribution in [2.75, 3.05) is 7.11 Å². The molecule has 0 aliphatic heterocycles. The molecule has 0 bridgehead atoms. The molecule has 1 aromatic rings. The van der Waals surface area contributed by atoms with E-state index in [4.69, 9.17) is 4.74 Å². The third-order valence-electron chi connectivity index (χ3n) is 3.97. The average molecular weight is 288 g/mol. The molecule has 0 heterocycles. The minimum atomic E-state index is -4.36. The van der Waals surface area contributed by atoms with Gasteiger partial charge in [0.05, 0.1) is 17.3 Å². The maximum absolute atomic E-state index is 12.7. The summed E-state index contributed by atoms with van der Waals surface area (Å²) in [5.74, 6) is 0. The smallest absolute Gasteiger partial charge is 0.387 e. The Bertz CT molecular complexity index is 459. The normalized spacial score (nSPS) is 27.6. The quantitative estimate of drug-likeness (QED) is 0.921. The van der Waals surface area contributed by atoms with Crippen LogP contribution in [0, 0.1) is 0 Å². The molecule has 1 aliphatic carbocycles. The van der Waals surface area contributed by atoms with Crippen molar-refractivity contribution in [3.05, 3.63) is 35.4 Å². The van der Waals surface area contributed by atoms with Crippen molar-refractivity contribution in [1.82, 2.24) is 0 Å². The lowest BCUT2D eigenvalue weighted by molar-refractivity contribution is -0.137. The third kappa shape index (κ3) is 3.33. The van der Waals surface area contributed by atoms with Gasteiger partial charge in [-0.1, -0.05) is 31.0 Å². The molecule has 0 aromatic heterocycles. The molecule has 2 atom stereocenters. The Hall–Kier alpha value is -1.07. The topological polar surface area (TPSA) is 29.5 Å². The van der Waals surface area contributed by atoms with E-state index in [2.05, 4.69) is 0 Å². The monoisotopic (exact) mass is 288 g/mol. The standard InChI is InChI=1S/C15H19F3O2/c1-20-13-7-2-3-8-14(13,19)10-11-5-4-6-12(9-11)15(16,17)18/h4-6,9,13,19H,2-3,7-8,10H2,1H3. The van der Waals surface area contributed by atoms with Crippen LogP contribution in [0.2, 0.25) is 0 Å². The summed E-state index contributed by atoms with van der Waals surface area (Å²) in [4.78, 5) is 0. The molecular formula is C15H19F3O2. The first-order valence-electron chi connectivity index (χ1n) is 6.76. The minimum absolute atomic E-state index is 0.190. The largest absolute Gasteiger partial charge is 0.416 e. The van der Waals surface area contributed by atoms with Gasteiger partial charge in [0, 0.05) is 13.5 Å². The van der Waals surface area contributed by atoms with Crippen LogP contribution in [0.25, 0.3) is 0 Å². The Balaban J connectivity index is 2.20. The molecular weight excluding hydrogens is 269 g/mol. The van der Waals surface area contributed by atoms with Crippen molar-refractivity contribution >= 4 is 0 Å². The van der Waals surface area contributed by atoms with Gasteiger partial charge in [-0.2, -0.15) is 13.2 Å². The van der Waals surface area contributed by atoms with E-state index in [0.29, 0.717) is 12.0 Å². The predicted molar refractivity (Wildman–Crippen MR) is 69.4 cm³/mol. The summed E-state index contributed by atoms with van der Waals surface area (Å²) < 4.78 is 43.4. The van der Waals surface area contributed by atoms with E-state index in [1.54, 1.807) is 6.07 Å². The minimum Gasteiger partial charge on any atom is -0.387 e. The molecule has 0 radical (unpaired) electrons. The van der Waals surface area contributed by atoms with E-state index >= 15 is 0 Å². The summed E-state index contributed by atoms with van der Waals surface area (Å²) in [7, 11) is 1.53. The van der Waals surface area contributed by atoms with E-state index in [1.807, 2.05) is 0 Å². The highest BCUT2D eigenvalue weighted by Gasteiger charge is 2.39. The lowest BCUT2D eigenvalue weighted by atomic mass is 9.78. The second-order valence-electron chi connectivity index (χ2n) is 5.45. The molecule has 1 fully saturated rings. The van der Waals surface area contributed by atoms with Crippen molar-refractivity contribution in [1.29, 1.82) is 0 Å². The molecule has 0 saturated heterocycles. The van der Waals surface area contributed by atoms with Crippen LogP contribution >= 0.6 is 0 Å². The molecule has 0 spiro atoms. The van der Waals surface area contributed by atoms with E-state index in [1.165, 1.54) is 13.2 Å². The van der Waals surface area contributed by atoms with Crippen LogP contribution in [-0.4, -0.2) is 23.9 Å². The lowest BCUT2D eigenvalue weighted by Gasteiger charge is -2.39. The Labute approximate surface area is 116 Å². The fraction of sp³-hybridized carbons (Fsp3) is 0.600. The summed E-state index contributed by atoms with van der Waals surface area (Å²) in [6, 6.07) is 5.15. The second kappa shape index (κ2) is 5.74. The van der Waals surface area contributed by atoms with E-state index < -0.39 is 17.3 Å². The van der Waals surface area contributed by atoms with Gasteiger partial charge < -0.3 is 9.84 Å². The zero-order valence-electron chi connectivity index (χ0n) is 11.4. The fourth-order valence-corrected chi connectivity index (χ4v) is 2.94. The van der Waals surface area contributed by atoms with Crippen LogP contribution in [0.3, 0.4) is 0 Å². The molecule has 1 N–H and O–H groups in total. The number of rotatable bonds is 3. The highest BCUT2D eigenvalue weighted by molar-refractivity contribution is 5.27. The van der Waals surface area contributed by atoms with Crippen LogP contribution in [0.5, 0.6) is 0 Å². The number of hydrogen-bond donors (Lipinski definition) is 1. The molecule has 20 heavy (non-hydrogen) atoms. The molecule has 2 rings (SSSR count). The molecule has 2 nitrogen and oxygen atoms in total. The summed E-state index contributed by atoms with van der Waals surface area (Å²) >= 11 is 0. The zero-order chi connectivity index (χ0) is 14.8. The SMILES string of the molecule is COC1CCCCC1(O)Cc1cccc(C(F)(F)F)c1. The van der Waals surface area contributed by atoms with Gasteiger partial charge in [-0.15, -0.1) is 0 Å². The molecule has 1 aliphatic rings. The van der Waals surface area contributed by atoms with Crippen LogP contribution < -0.4 is 0 Å². The van der Waals surface area contributed by atoms with Crippen molar-refractivity contribution in [2.45, 2.75) is 50.0 Å². The predicted octanol–water partition coefficient (Wildman–Crippen LogP) is 3.57. The summed E-state index contributed by atoms with van der Waals surface area (Å²) in [5, 5.41) is 10.7. The van der Waals surface area contributed by atoms with E-state index in [-0.39, 0.29) is 12.5 Å². The Kier molecular flexibility index (Phi) is 4.39. The molecule has 1 aromatic carbocycles. The number of benzene rings is 1. The van der Waals surface area contributed by atoms with Gasteiger partial charge in [-0.3, -0.25) is 0 Å². The molecule has 112 valence electrons. The second-order valence-corrected chi connectivity index (χ2v) is 5.45. The number of methoxy groups -OCH3 is 1. The van der Waals surface area contributed by atoms with Crippen LogP contribution in [-0.2, 0) is 17.3 Å². The maximum Gasteiger partial charge on any atom is 0.416 e. The van der Waals surface area contributed by atoms with Gasteiger partial charge in [0.1, 0.15) is 0 Å². The number of ether oxygens (including phenoxy) is 1. The zero-order valence-corrected chi connectivity index (χ0v) is 11.4. The number of hydrogen-bond acceptors (Lipinski definition) is 2. The molecule has 0 amide bonds. The Morgan fingerprint density at radius 3 is 2.75 bits per heavy atom. The number of halogens is 3. The van der Waals surface area contributed by atoms with Gasteiger partial charge >= 0.3 is 6.18 Å². The number of aliphatic hydroxyl groups is 1. The first-order valence-corrected chi connectivity index (χ1v) is 6.76. The Morgan fingerprint density at radius 2 is 2.10 bits per heavy atom. The molecule has 5 heteroatoms. The van der Waals surface area contributed by atoms with Gasteiger partial charge in [0.2, 0.25) is 0 Å². The average Bonchev–Trinajstić information content (AvgIpc) is 2.38. The van der Waals surface area contributed by atoms with Crippen molar-refractivity contribution < 1.29 is 23.0 Å².